The van der Waals surface area contributed by atoms with Gasteiger partial charge in [0.15, 0.2) is 11.3 Å². The topological polar surface area (TPSA) is 97.4 Å². The molecular formula is C16H23N3O4S. The van der Waals surface area contributed by atoms with E-state index in [-0.39, 0.29) is 18.1 Å². The van der Waals surface area contributed by atoms with Crippen LogP contribution in [0.5, 0.6) is 0 Å². The first-order valence-electron chi connectivity index (χ1n) is 7.66. The third-order valence-electron chi connectivity index (χ3n) is 3.00. The van der Waals surface area contributed by atoms with Crippen molar-refractivity contribution in [3.63, 3.8) is 0 Å². The minimum atomic E-state index is -0.672. The number of hydrogen-bond donors (Lipinski definition) is 1. The normalized spacial score (nSPS) is 11.8. The molecule has 0 fully saturated rings. The summed E-state index contributed by atoms with van der Waals surface area (Å²) in [5, 5.41) is 16.7. The van der Waals surface area contributed by atoms with Gasteiger partial charge in [0, 0.05) is 12.7 Å². The number of thioether (sulfide) groups is 1. The van der Waals surface area contributed by atoms with Gasteiger partial charge in [-0.25, -0.2) is 4.79 Å². The van der Waals surface area contributed by atoms with Crippen LogP contribution in [0.4, 0.5) is 0 Å². The van der Waals surface area contributed by atoms with Gasteiger partial charge >= 0.3 is 5.97 Å². The van der Waals surface area contributed by atoms with Crippen LogP contribution in [0.1, 0.15) is 38.1 Å². The lowest BCUT2D eigenvalue weighted by Crippen LogP contribution is -2.18. The molecule has 0 aliphatic heterocycles. The number of hydrogen-bond acceptors (Lipinski definition) is 8. The largest absolute Gasteiger partial charge is 0.459 e. The van der Waals surface area contributed by atoms with Crippen LogP contribution in [0, 0.1) is 11.3 Å². The molecule has 0 aliphatic rings. The SMILES string of the molecule is CCOCCOC(=O)/C(C#N)=C(\NCc1cc(C(C)C)no1)SC. The summed E-state index contributed by atoms with van der Waals surface area (Å²) in [6, 6.07) is 3.74. The van der Waals surface area contributed by atoms with Crippen LogP contribution >= 0.6 is 11.8 Å². The zero-order valence-electron chi connectivity index (χ0n) is 14.4. The lowest BCUT2D eigenvalue weighted by atomic mass is 10.1. The van der Waals surface area contributed by atoms with Crippen molar-refractivity contribution in [3.8, 4) is 6.07 Å². The van der Waals surface area contributed by atoms with Crippen LogP contribution in [-0.2, 0) is 20.8 Å². The monoisotopic (exact) mass is 353 g/mol. The van der Waals surface area contributed by atoms with E-state index in [4.69, 9.17) is 14.0 Å². The molecule has 1 N–H and O–H groups in total. The van der Waals surface area contributed by atoms with Crippen LogP contribution in [0.15, 0.2) is 21.2 Å². The first-order valence-corrected chi connectivity index (χ1v) is 8.88. The number of ether oxygens (including phenoxy) is 2. The average Bonchev–Trinajstić information content (AvgIpc) is 3.04. The lowest BCUT2D eigenvalue weighted by molar-refractivity contribution is -0.140. The molecule has 0 saturated heterocycles. The molecule has 24 heavy (non-hydrogen) atoms. The zero-order chi connectivity index (χ0) is 17.9. The van der Waals surface area contributed by atoms with Crippen molar-refractivity contribution in [2.24, 2.45) is 0 Å². The van der Waals surface area contributed by atoms with Gasteiger partial charge in [0.05, 0.1) is 23.9 Å². The minimum absolute atomic E-state index is 0.0670. The molecule has 0 amide bonds. The standard InChI is InChI=1S/C16H23N3O4S/c1-5-21-6-7-22-16(20)13(9-17)15(24-4)18-10-12-8-14(11(2)3)19-23-12/h8,11,18H,5-7,10H2,1-4H3/b15-13+. The molecule has 8 heteroatoms. The quantitative estimate of drug-likeness (QED) is 0.297. The molecule has 0 radical (unpaired) electrons. The van der Waals surface area contributed by atoms with E-state index in [0.29, 0.717) is 30.5 Å². The number of nitriles is 1. The smallest absolute Gasteiger partial charge is 0.351 e. The second kappa shape index (κ2) is 10.7. The Bertz CT molecular complexity index is 605. The number of aromatic nitrogens is 1. The molecule has 0 saturated carbocycles. The van der Waals surface area contributed by atoms with E-state index in [1.54, 1.807) is 6.26 Å². The first-order chi connectivity index (χ1) is 11.5. The van der Waals surface area contributed by atoms with Crippen molar-refractivity contribution in [1.29, 1.82) is 5.26 Å². The van der Waals surface area contributed by atoms with Crippen LogP contribution in [0.3, 0.4) is 0 Å². The molecule has 0 unspecified atom stereocenters. The van der Waals surface area contributed by atoms with Gasteiger partial charge in [0.2, 0.25) is 0 Å². The number of carbonyl (C=O) groups is 1. The van der Waals surface area contributed by atoms with Gasteiger partial charge in [-0.05, 0) is 19.1 Å². The summed E-state index contributed by atoms with van der Waals surface area (Å²) in [6.45, 7) is 7.19. The van der Waals surface area contributed by atoms with Gasteiger partial charge in [-0.15, -0.1) is 11.8 Å². The Morgan fingerprint density at radius 3 is 2.79 bits per heavy atom. The second-order valence-electron chi connectivity index (χ2n) is 5.08. The van der Waals surface area contributed by atoms with Crippen LogP contribution in [0.25, 0.3) is 0 Å². The van der Waals surface area contributed by atoms with Gasteiger partial charge in [-0.3, -0.25) is 0 Å². The van der Waals surface area contributed by atoms with Crippen LogP contribution in [0.2, 0.25) is 0 Å². The highest BCUT2D eigenvalue weighted by Crippen LogP contribution is 2.18. The number of carbonyl (C=O) groups excluding carboxylic acids is 1. The molecule has 1 aromatic rings. The molecule has 0 aliphatic carbocycles. The van der Waals surface area contributed by atoms with E-state index >= 15 is 0 Å². The third-order valence-corrected chi connectivity index (χ3v) is 3.76. The van der Waals surface area contributed by atoms with Gasteiger partial charge in [-0.2, -0.15) is 5.26 Å². The number of rotatable bonds is 10. The maximum Gasteiger partial charge on any atom is 0.351 e. The van der Waals surface area contributed by atoms with E-state index in [0.717, 1.165) is 5.69 Å². The molecule has 1 heterocycles. The summed E-state index contributed by atoms with van der Waals surface area (Å²) in [6.07, 6.45) is 1.77. The van der Waals surface area contributed by atoms with Gasteiger partial charge < -0.3 is 19.3 Å². The maximum absolute atomic E-state index is 12.0. The highest BCUT2D eigenvalue weighted by molar-refractivity contribution is 8.02. The van der Waals surface area contributed by atoms with Crippen molar-refractivity contribution in [1.82, 2.24) is 10.5 Å². The van der Waals surface area contributed by atoms with Crippen LogP contribution in [-0.4, -0.2) is 37.2 Å². The van der Waals surface area contributed by atoms with Crippen molar-refractivity contribution in [3.05, 3.63) is 28.1 Å². The van der Waals surface area contributed by atoms with Gasteiger partial charge in [0.1, 0.15) is 12.7 Å². The van der Waals surface area contributed by atoms with Crippen molar-refractivity contribution >= 4 is 17.7 Å². The van der Waals surface area contributed by atoms with Crippen LogP contribution < -0.4 is 5.32 Å². The summed E-state index contributed by atoms with van der Waals surface area (Å²) < 4.78 is 15.4. The Balaban J connectivity index is 2.69. The number of esters is 1. The molecule has 1 rings (SSSR count). The second-order valence-corrected chi connectivity index (χ2v) is 5.90. The highest BCUT2D eigenvalue weighted by Gasteiger charge is 2.17. The Morgan fingerprint density at radius 2 is 2.25 bits per heavy atom. The number of nitrogens with one attached hydrogen (secondary N) is 1. The summed E-state index contributed by atoms with van der Waals surface area (Å²) >= 11 is 1.26. The molecule has 0 atom stereocenters. The Kier molecular flexibility index (Phi) is 8.97. The molecule has 1 aromatic heterocycles. The fourth-order valence-corrected chi connectivity index (χ4v) is 2.26. The highest BCUT2D eigenvalue weighted by atomic mass is 32.2. The molecule has 7 nitrogen and oxygen atoms in total. The summed E-state index contributed by atoms with van der Waals surface area (Å²) in [7, 11) is 0. The fourth-order valence-electron chi connectivity index (χ4n) is 1.71. The summed E-state index contributed by atoms with van der Waals surface area (Å²) in [5.74, 6) is 0.231. The van der Waals surface area contributed by atoms with E-state index in [1.165, 1.54) is 11.8 Å². The van der Waals surface area contributed by atoms with E-state index in [1.807, 2.05) is 32.9 Å². The minimum Gasteiger partial charge on any atom is -0.459 e. The maximum atomic E-state index is 12.0. The summed E-state index contributed by atoms with van der Waals surface area (Å²) in [4.78, 5) is 12.0. The molecule has 0 aromatic carbocycles. The van der Waals surface area contributed by atoms with E-state index < -0.39 is 5.97 Å². The Labute approximate surface area is 146 Å². The van der Waals surface area contributed by atoms with Crippen molar-refractivity contribution < 1.29 is 18.8 Å². The van der Waals surface area contributed by atoms with Crippen molar-refractivity contribution in [2.75, 3.05) is 26.1 Å². The van der Waals surface area contributed by atoms with E-state index in [9.17, 15) is 10.1 Å². The Morgan fingerprint density at radius 1 is 1.50 bits per heavy atom. The molecule has 132 valence electrons. The molecular weight excluding hydrogens is 330 g/mol. The summed E-state index contributed by atoms with van der Waals surface area (Å²) in [5.41, 5.74) is 0.792. The van der Waals surface area contributed by atoms with Gasteiger partial charge in [-0.1, -0.05) is 19.0 Å². The molecule has 0 spiro atoms. The van der Waals surface area contributed by atoms with Crippen molar-refractivity contribution in [2.45, 2.75) is 33.2 Å². The predicted octanol–water partition coefficient (Wildman–Crippen LogP) is 2.57. The lowest BCUT2D eigenvalue weighted by Gasteiger charge is -2.10. The predicted molar refractivity (Wildman–Crippen MR) is 91.0 cm³/mol. The molecule has 0 bridgehead atoms. The van der Waals surface area contributed by atoms with E-state index in [2.05, 4.69) is 10.5 Å². The first kappa shape index (κ1) is 20.1. The third kappa shape index (κ3) is 6.26. The zero-order valence-corrected chi connectivity index (χ0v) is 15.2. The Hall–Kier alpha value is -1.98. The number of nitrogens with zero attached hydrogens (tertiary/aromatic N) is 2. The van der Waals surface area contributed by atoms with Gasteiger partial charge in [0.25, 0.3) is 0 Å². The fraction of sp³-hybridized carbons (Fsp3) is 0.562. The average molecular weight is 353 g/mol.